The van der Waals surface area contributed by atoms with Crippen LogP contribution in [0.5, 0.6) is 0 Å². The molecular formula is C10H14N2O4S. The zero-order chi connectivity index (χ0) is 12.8. The molecule has 0 aromatic carbocycles. The highest BCUT2D eigenvalue weighted by Crippen LogP contribution is 2.51. The minimum atomic E-state index is -1.12. The van der Waals surface area contributed by atoms with E-state index in [2.05, 4.69) is 5.32 Å². The van der Waals surface area contributed by atoms with Gasteiger partial charge < -0.3 is 15.3 Å². The van der Waals surface area contributed by atoms with Crippen molar-refractivity contribution >= 4 is 29.5 Å². The van der Waals surface area contributed by atoms with Gasteiger partial charge >= 0.3 is 5.97 Å². The number of carbonyl (C=O) groups excluding carboxylic acids is 2. The van der Waals surface area contributed by atoms with Gasteiger partial charge in [-0.2, -0.15) is 0 Å². The summed E-state index contributed by atoms with van der Waals surface area (Å²) in [5.74, 6) is -1.40. The molecule has 2 unspecified atom stereocenters. The Labute approximate surface area is 103 Å². The van der Waals surface area contributed by atoms with Gasteiger partial charge in [0, 0.05) is 6.92 Å². The van der Waals surface area contributed by atoms with Crippen LogP contribution >= 0.6 is 11.8 Å². The van der Waals surface area contributed by atoms with Gasteiger partial charge in [-0.25, -0.2) is 0 Å². The summed E-state index contributed by atoms with van der Waals surface area (Å²) in [6, 6.07) is 0. The number of nitrogens with zero attached hydrogens (tertiary/aromatic N) is 1. The van der Waals surface area contributed by atoms with Crippen LogP contribution in [0.1, 0.15) is 26.7 Å². The van der Waals surface area contributed by atoms with E-state index in [1.54, 1.807) is 6.92 Å². The predicted molar refractivity (Wildman–Crippen MR) is 61.1 cm³/mol. The second-order valence-corrected chi connectivity index (χ2v) is 5.74. The van der Waals surface area contributed by atoms with Crippen molar-refractivity contribution in [3.63, 3.8) is 0 Å². The minimum Gasteiger partial charge on any atom is -0.480 e. The molecule has 2 aliphatic heterocycles. The van der Waals surface area contributed by atoms with Crippen LogP contribution in [0.4, 0.5) is 0 Å². The summed E-state index contributed by atoms with van der Waals surface area (Å²) in [6.07, 6.45) is -0.0210. The molecule has 2 N–H and O–H groups in total. The van der Waals surface area contributed by atoms with Crippen LogP contribution in [-0.2, 0) is 14.4 Å². The molecule has 2 fully saturated rings. The average molecular weight is 258 g/mol. The molecule has 2 amide bonds. The van der Waals surface area contributed by atoms with E-state index in [1.165, 1.54) is 23.6 Å². The highest BCUT2D eigenvalue weighted by atomic mass is 32.2. The predicted octanol–water partition coefficient (Wildman–Crippen LogP) is -0.0128. The van der Waals surface area contributed by atoms with Crippen molar-refractivity contribution in [2.24, 2.45) is 0 Å². The topological polar surface area (TPSA) is 86.7 Å². The van der Waals surface area contributed by atoms with Gasteiger partial charge in [-0.3, -0.25) is 14.4 Å². The quantitative estimate of drug-likeness (QED) is 0.695. The first-order chi connectivity index (χ1) is 7.92. The van der Waals surface area contributed by atoms with E-state index >= 15 is 0 Å². The summed E-state index contributed by atoms with van der Waals surface area (Å²) >= 11 is 1.26. The van der Waals surface area contributed by atoms with E-state index in [1.807, 2.05) is 0 Å². The molecule has 2 rings (SSSR count). The van der Waals surface area contributed by atoms with E-state index in [9.17, 15) is 19.5 Å². The van der Waals surface area contributed by atoms with Gasteiger partial charge in [0.2, 0.25) is 11.8 Å². The zero-order valence-electron chi connectivity index (χ0n) is 9.60. The molecule has 2 aliphatic rings. The third-order valence-corrected chi connectivity index (χ3v) is 5.01. The summed E-state index contributed by atoms with van der Waals surface area (Å²) < 4.78 is -1.12. The SMILES string of the molecule is CCC1(C(=O)O)S[C@@H]2CC(=O)N2C1NC(C)=O. The monoisotopic (exact) mass is 258 g/mol. The Morgan fingerprint density at radius 1 is 1.65 bits per heavy atom. The van der Waals surface area contributed by atoms with Crippen LogP contribution in [0, 0.1) is 0 Å². The molecule has 3 atom stereocenters. The largest absolute Gasteiger partial charge is 0.480 e. The lowest BCUT2D eigenvalue weighted by Gasteiger charge is -2.39. The summed E-state index contributed by atoms with van der Waals surface area (Å²) in [6.45, 7) is 3.08. The second kappa shape index (κ2) is 3.90. The van der Waals surface area contributed by atoms with Gasteiger partial charge in [0.05, 0.1) is 11.8 Å². The number of rotatable bonds is 3. The van der Waals surface area contributed by atoms with Gasteiger partial charge in [-0.1, -0.05) is 6.92 Å². The standard InChI is InChI=1S/C10H14N2O4S/c1-3-10(9(15)16)8(11-5(2)13)12-6(14)4-7(12)17-10/h7-8H,3-4H2,1-2H3,(H,11,13)(H,15,16)/t7-,8?,10?/m1/s1. The lowest BCUT2D eigenvalue weighted by atomic mass is 9.98. The van der Waals surface area contributed by atoms with Gasteiger partial charge in [0.1, 0.15) is 6.17 Å². The van der Waals surface area contributed by atoms with Crippen molar-refractivity contribution in [1.82, 2.24) is 10.2 Å². The summed E-state index contributed by atoms with van der Waals surface area (Å²) in [7, 11) is 0. The Balaban J connectivity index is 2.34. The van der Waals surface area contributed by atoms with Crippen molar-refractivity contribution in [3.05, 3.63) is 0 Å². The maximum Gasteiger partial charge on any atom is 0.323 e. The number of hydrogen-bond donors (Lipinski definition) is 2. The van der Waals surface area contributed by atoms with E-state index in [0.717, 1.165) is 0 Å². The van der Waals surface area contributed by atoms with Crippen molar-refractivity contribution in [2.75, 3.05) is 0 Å². The third kappa shape index (κ3) is 1.60. The number of carboxylic acid groups (broad SMARTS) is 1. The lowest BCUT2D eigenvalue weighted by molar-refractivity contribution is -0.150. The summed E-state index contributed by atoms with van der Waals surface area (Å²) in [4.78, 5) is 35.6. The number of thioether (sulfide) groups is 1. The minimum absolute atomic E-state index is 0.0992. The van der Waals surface area contributed by atoms with E-state index in [-0.39, 0.29) is 17.2 Å². The first-order valence-corrected chi connectivity index (χ1v) is 6.30. The molecule has 0 spiro atoms. The number of carbonyl (C=O) groups is 3. The van der Waals surface area contributed by atoms with Crippen LogP contribution in [-0.4, -0.2) is 44.1 Å². The normalized spacial score (nSPS) is 35.2. The number of carboxylic acids is 1. The molecule has 0 aliphatic carbocycles. The first-order valence-electron chi connectivity index (χ1n) is 5.42. The van der Waals surface area contributed by atoms with Crippen LogP contribution in [0.3, 0.4) is 0 Å². The molecular weight excluding hydrogens is 244 g/mol. The highest BCUT2D eigenvalue weighted by molar-refractivity contribution is 8.02. The molecule has 2 saturated heterocycles. The molecule has 17 heavy (non-hydrogen) atoms. The van der Waals surface area contributed by atoms with Crippen LogP contribution in [0.15, 0.2) is 0 Å². The molecule has 2 heterocycles. The Bertz CT molecular complexity index is 400. The van der Waals surface area contributed by atoms with Crippen molar-refractivity contribution in [2.45, 2.75) is 43.0 Å². The number of amides is 2. The second-order valence-electron chi connectivity index (χ2n) is 4.23. The van der Waals surface area contributed by atoms with E-state index in [0.29, 0.717) is 12.8 Å². The Kier molecular flexibility index (Phi) is 2.81. The van der Waals surface area contributed by atoms with Gasteiger partial charge in [0.15, 0.2) is 4.75 Å². The molecule has 0 bridgehead atoms. The Hall–Kier alpha value is -1.24. The van der Waals surface area contributed by atoms with Gasteiger partial charge in [-0.05, 0) is 6.42 Å². The smallest absolute Gasteiger partial charge is 0.323 e. The molecule has 0 aromatic heterocycles. The number of fused-ring (bicyclic) bond motifs is 1. The first kappa shape index (κ1) is 12.2. The Morgan fingerprint density at radius 2 is 2.29 bits per heavy atom. The number of aliphatic carboxylic acids is 1. The molecule has 7 heteroatoms. The number of nitrogens with one attached hydrogen (secondary N) is 1. The van der Waals surface area contributed by atoms with Gasteiger partial charge in [0.25, 0.3) is 0 Å². The highest BCUT2D eigenvalue weighted by Gasteiger charge is 2.63. The van der Waals surface area contributed by atoms with E-state index < -0.39 is 16.9 Å². The van der Waals surface area contributed by atoms with Crippen LogP contribution in [0.2, 0.25) is 0 Å². The molecule has 0 saturated carbocycles. The molecule has 94 valence electrons. The zero-order valence-corrected chi connectivity index (χ0v) is 10.4. The Morgan fingerprint density at radius 3 is 2.71 bits per heavy atom. The third-order valence-electron chi connectivity index (χ3n) is 3.24. The molecule has 0 radical (unpaired) electrons. The summed E-state index contributed by atoms with van der Waals surface area (Å²) in [5, 5.41) is 11.9. The average Bonchev–Trinajstić information content (AvgIpc) is 2.46. The number of hydrogen-bond acceptors (Lipinski definition) is 4. The summed E-state index contributed by atoms with van der Waals surface area (Å²) in [5.41, 5.74) is 0. The fraction of sp³-hybridized carbons (Fsp3) is 0.700. The van der Waals surface area contributed by atoms with Crippen LogP contribution in [0.25, 0.3) is 0 Å². The van der Waals surface area contributed by atoms with E-state index in [4.69, 9.17) is 0 Å². The molecule has 6 nitrogen and oxygen atoms in total. The fourth-order valence-corrected chi connectivity index (χ4v) is 3.95. The fourth-order valence-electron chi connectivity index (χ4n) is 2.32. The maximum absolute atomic E-state index is 11.5. The van der Waals surface area contributed by atoms with Crippen molar-refractivity contribution < 1.29 is 19.5 Å². The van der Waals surface area contributed by atoms with Gasteiger partial charge in [-0.15, -0.1) is 11.8 Å². The number of β-lactam (4-membered cyclic amide) rings is 1. The maximum atomic E-state index is 11.5. The van der Waals surface area contributed by atoms with Crippen LogP contribution < -0.4 is 5.32 Å². The molecule has 0 aromatic rings. The lowest BCUT2D eigenvalue weighted by Crippen LogP contribution is -2.63. The van der Waals surface area contributed by atoms with Crippen molar-refractivity contribution in [1.29, 1.82) is 0 Å². The van der Waals surface area contributed by atoms with Crippen molar-refractivity contribution in [3.8, 4) is 0 Å².